The summed E-state index contributed by atoms with van der Waals surface area (Å²) < 4.78 is 0. The van der Waals surface area contributed by atoms with E-state index >= 15 is 0 Å². The Kier molecular flexibility index (Phi) is 10.9. The molecule has 0 aromatic rings. The van der Waals surface area contributed by atoms with Crippen LogP contribution in [0.25, 0.3) is 0 Å². The topological polar surface area (TPSA) is 63.3 Å². The van der Waals surface area contributed by atoms with Gasteiger partial charge in [-0.3, -0.25) is 4.79 Å². The van der Waals surface area contributed by atoms with Crippen LogP contribution < -0.4 is 5.73 Å². The summed E-state index contributed by atoms with van der Waals surface area (Å²) in [6.45, 7) is 4.09. The predicted octanol–water partition coefficient (Wildman–Crippen LogP) is 4.49. The Balaban J connectivity index is 3.38. The molecule has 0 fully saturated rings. The molecular weight excluding hydrogens is 238 g/mol. The lowest BCUT2D eigenvalue weighted by molar-refractivity contribution is -0.143. The molecule has 1 unspecified atom stereocenters. The monoisotopic (exact) mass is 271 g/mol. The largest absolute Gasteiger partial charge is 0.480 e. The van der Waals surface area contributed by atoms with Gasteiger partial charge in [-0.05, 0) is 12.8 Å². The summed E-state index contributed by atoms with van der Waals surface area (Å²) in [6.07, 6.45) is 13.8. The predicted molar refractivity (Wildman–Crippen MR) is 81.3 cm³/mol. The van der Waals surface area contributed by atoms with E-state index in [1.54, 1.807) is 0 Å². The minimum atomic E-state index is -1.000. The first kappa shape index (κ1) is 18.4. The third kappa shape index (κ3) is 9.04. The molecule has 0 rings (SSSR count). The minimum Gasteiger partial charge on any atom is -0.480 e. The maximum atomic E-state index is 11.0. The maximum Gasteiger partial charge on any atom is 0.323 e. The number of carboxylic acid groups (broad SMARTS) is 1. The maximum absolute atomic E-state index is 11.0. The first-order valence-electron chi connectivity index (χ1n) is 8.09. The number of hydrogen-bond donors (Lipinski definition) is 2. The van der Waals surface area contributed by atoms with Crippen molar-refractivity contribution in [3.05, 3.63) is 0 Å². The summed E-state index contributed by atoms with van der Waals surface area (Å²) >= 11 is 0. The molecule has 19 heavy (non-hydrogen) atoms. The average molecular weight is 271 g/mol. The minimum absolute atomic E-state index is 0.514. The number of nitrogens with two attached hydrogens (primary N) is 1. The number of carbonyl (C=O) groups is 1. The van der Waals surface area contributed by atoms with E-state index in [2.05, 4.69) is 6.92 Å². The lowest BCUT2D eigenvalue weighted by Crippen LogP contribution is -2.47. The van der Waals surface area contributed by atoms with E-state index in [9.17, 15) is 4.79 Å². The first-order valence-corrected chi connectivity index (χ1v) is 8.09. The zero-order chi connectivity index (χ0) is 14.6. The Labute approximate surface area is 119 Å². The highest BCUT2D eigenvalue weighted by Crippen LogP contribution is 2.18. The van der Waals surface area contributed by atoms with Crippen molar-refractivity contribution in [2.24, 2.45) is 5.73 Å². The molecule has 0 aliphatic carbocycles. The van der Waals surface area contributed by atoms with Crippen molar-refractivity contribution in [2.75, 3.05) is 0 Å². The van der Waals surface area contributed by atoms with Crippen molar-refractivity contribution >= 4 is 5.97 Å². The van der Waals surface area contributed by atoms with Gasteiger partial charge in [0.25, 0.3) is 0 Å². The molecule has 0 aromatic carbocycles. The highest BCUT2D eigenvalue weighted by molar-refractivity contribution is 5.78. The van der Waals surface area contributed by atoms with Crippen molar-refractivity contribution in [3.63, 3.8) is 0 Å². The lowest BCUT2D eigenvalue weighted by atomic mass is 9.90. The Hall–Kier alpha value is -0.570. The molecule has 0 saturated heterocycles. The molecule has 0 saturated carbocycles. The molecule has 0 amide bonds. The summed E-state index contributed by atoms with van der Waals surface area (Å²) in [6, 6.07) is 0. The van der Waals surface area contributed by atoms with Gasteiger partial charge in [-0.1, -0.05) is 78.1 Å². The van der Waals surface area contributed by atoms with Crippen LogP contribution in [0.3, 0.4) is 0 Å². The van der Waals surface area contributed by atoms with E-state index in [-0.39, 0.29) is 0 Å². The molecule has 0 aliphatic rings. The Morgan fingerprint density at radius 3 is 1.68 bits per heavy atom. The number of hydrogen-bond acceptors (Lipinski definition) is 2. The van der Waals surface area contributed by atoms with Gasteiger partial charge in [0.1, 0.15) is 5.54 Å². The molecular formula is C16H33NO2. The van der Waals surface area contributed by atoms with E-state index in [4.69, 9.17) is 10.8 Å². The second-order valence-electron chi connectivity index (χ2n) is 5.75. The summed E-state index contributed by atoms with van der Waals surface area (Å²) in [5.41, 5.74) is 4.85. The molecule has 0 spiro atoms. The second-order valence-corrected chi connectivity index (χ2v) is 5.75. The summed E-state index contributed by atoms with van der Waals surface area (Å²) in [5.74, 6) is -0.856. The summed E-state index contributed by atoms with van der Waals surface area (Å²) in [7, 11) is 0. The molecule has 3 heteroatoms. The Morgan fingerprint density at radius 2 is 1.32 bits per heavy atom. The highest BCUT2D eigenvalue weighted by atomic mass is 16.4. The van der Waals surface area contributed by atoms with Crippen LogP contribution in [0.1, 0.15) is 90.9 Å². The van der Waals surface area contributed by atoms with E-state index in [0.717, 1.165) is 12.8 Å². The molecule has 3 N–H and O–H groups in total. The SMILES string of the molecule is CCCCCCCCCCCCC(N)(CC)C(=O)O. The molecule has 0 aromatic heterocycles. The molecule has 3 nitrogen and oxygen atoms in total. The molecule has 0 bridgehead atoms. The Morgan fingerprint density at radius 1 is 0.895 bits per heavy atom. The van der Waals surface area contributed by atoms with E-state index in [1.165, 1.54) is 51.4 Å². The van der Waals surface area contributed by atoms with Gasteiger partial charge in [0.05, 0.1) is 0 Å². The van der Waals surface area contributed by atoms with Crippen LogP contribution in [-0.4, -0.2) is 16.6 Å². The number of unbranched alkanes of at least 4 members (excludes halogenated alkanes) is 9. The van der Waals surface area contributed by atoms with Gasteiger partial charge in [0, 0.05) is 0 Å². The molecule has 0 aliphatic heterocycles. The standard InChI is InChI=1S/C16H33NO2/c1-3-5-6-7-8-9-10-11-12-13-14-16(17,4-2)15(18)19/h3-14,17H2,1-2H3,(H,18,19). The normalized spacial score (nSPS) is 14.3. The van der Waals surface area contributed by atoms with Gasteiger partial charge in [-0.15, -0.1) is 0 Å². The summed E-state index contributed by atoms with van der Waals surface area (Å²) in [4.78, 5) is 11.0. The van der Waals surface area contributed by atoms with Gasteiger partial charge in [0.2, 0.25) is 0 Å². The molecule has 114 valence electrons. The van der Waals surface area contributed by atoms with E-state index < -0.39 is 11.5 Å². The molecule has 1 atom stereocenters. The lowest BCUT2D eigenvalue weighted by Gasteiger charge is -2.22. The smallest absolute Gasteiger partial charge is 0.323 e. The van der Waals surface area contributed by atoms with Gasteiger partial charge >= 0.3 is 5.97 Å². The number of aliphatic carboxylic acids is 1. The van der Waals surface area contributed by atoms with Crippen LogP contribution in [0.4, 0.5) is 0 Å². The second kappa shape index (κ2) is 11.3. The van der Waals surface area contributed by atoms with Gasteiger partial charge < -0.3 is 10.8 Å². The van der Waals surface area contributed by atoms with Crippen LogP contribution in [0.15, 0.2) is 0 Å². The fourth-order valence-corrected chi connectivity index (χ4v) is 2.36. The van der Waals surface area contributed by atoms with Crippen molar-refractivity contribution in [2.45, 2.75) is 96.4 Å². The van der Waals surface area contributed by atoms with Crippen molar-refractivity contribution < 1.29 is 9.90 Å². The number of rotatable bonds is 13. The highest BCUT2D eigenvalue weighted by Gasteiger charge is 2.30. The fourth-order valence-electron chi connectivity index (χ4n) is 2.36. The molecule has 0 heterocycles. The first-order chi connectivity index (χ1) is 9.06. The van der Waals surface area contributed by atoms with Crippen LogP contribution in [0.5, 0.6) is 0 Å². The summed E-state index contributed by atoms with van der Waals surface area (Å²) in [5, 5.41) is 9.05. The molecule has 0 radical (unpaired) electrons. The zero-order valence-electron chi connectivity index (χ0n) is 12.9. The van der Waals surface area contributed by atoms with Crippen LogP contribution in [0, 0.1) is 0 Å². The fraction of sp³-hybridized carbons (Fsp3) is 0.938. The van der Waals surface area contributed by atoms with Crippen LogP contribution in [0.2, 0.25) is 0 Å². The van der Waals surface area contributed by atoms with Crippen molar-refractivity contribution in [1.82, 2.24) is 0 Å². The van der Waals surface area contributed by atoms with Gasteiger partial charge in [0.15, 0.2) is 0 Å². The van der Waals surface area contributed by atoms with Crippen molar-refractivity contribution in [3.8, 4) is 0 Å². The van der Waals surface area contributed by atoms with E-state index in [1.807, 2.05) is 6.92 Å². The quantitative estimate of drug-likeness (QED) is 0.485. The average Bonchev–Trinajstić information content (AvgIpc) is 2.40. The van der Waals surface area contributed by atoms with Crippen LogP contribution in [-0.2, 0) is 4.79 Å². The number of carboxylic acids is 1. The van der Waals surface area contributed by atoms with E-state index in [0.29, 0.717) is 12.8 Å². The third-order valence-corrected chi connectivity index (χ3v) is 4.03. The van der Waals surface area contributed by atoms with Crippen LogP contribution >= 0.6 is 0 Å². The van der Waals surface area contributed by atoms with Gasteiger partial charge in [-0.2, -0.15) is 0 Å². The van der Waals surface area contributed by atoms with Gasteiger partial charge in [-0.25, -0.2) is 0 Å². The Bertz CT molecular complexity index is 231. The van der Waals surface area contributed by atoms with Crippen molar-refractivity contribution in [1.29, 1.82) is 0 Å². The third-order valence-electron chi connectivity index (χ3n) is 4.03. The zero-order valence-corrected chi connectivity index (χ0v) is 12.9.